The van der Waals surface area contributed by atoms with Crippen molar-refractivity contribution in [2.24, 2.45) is 5.92 Å². The first kappa shape index (κ1) is 14.6. The Kier molecular flexibility index (Phi) is 3.88. The molecule has 1 N–H and O–H groups in total. The molecule has 1 amide bonds. The molecule has 0 saturated heterocycles. The maximum atomic E-state index is 12.7. The molecule has 2 aliphatic rings. The van der Waals surface area contributed by atoms with Crippen LogP contribution in [0.15, 0.2) is 29.8 Å². The molecule has 0 spiro atoms. The van der Waals surface area contributed by atoms with Crippen molar-refractivity contribution < 1.29 is 19.4 Å². The van der Waals surface area contributed by atoms with Gasteiger partial charge in [-0.25, -0.2) is 0 Å². The Hall–Kier alpha value is -2.30. The lowest BCUT2D eigenvalue weighted by molar-refractivity contribution is -0.142. The Morgan fingerprint density at radius 2 is 2.09 bits per heavy atom. The van der Waals surface area contributed by atoms with Crippen LogP contribution in [-0.2, 0) is 9.59 Å². The van der Waals surface area contributed by atoms with Gasteiger partial charge in [0.1, 0.15) is 12.4 Å². The molecule has 3 rings (SSSR count). The summed E-state index contributed by atoms with van der Waals surface area (Å²) in [6, 6.07) is 7.75. The average molecular weight is 301 g/mol. The molecule has 1 fully saturated rings. The highest BCUT2D eigenvalue weighted by atomic mass is 16.5. The number of fused-ring (bicyclic) bond motifs is 1. The van der Waals surface area contributed by atoms with Gasteiger partial charge in [-0.15, -0.1) is 0 Å². The minimum absolute atomic E-state index is 0.106. The lowest BCUT2D eigenvalue weighted by atomic mass is 10.1. The minimum atomic E-state index is -0.877. The lowest BCUT2D eigenvalue weighted by Gasteiger charge is -2.27. The van der Waals surface area contributed by atoms with Crippen LogP contribution in [0.25, 0.3) is 6.08 Å². The summed E-state index contributed by atoms with van der Waals surface area (Å²) >= 11 is 0. The molecule has 1 aromatic carbocycles. The molecule has 1 aromatic rings. The van der Waals surface area contributed by atoms with Crippen molar-refractivity contribution in [2.75, 3.05) is 13.2 Å². The van der Waals surface area contributed by atoms with E-state index < -0.39 is 11.9 Å². The van der Waals surface area contributed by atoms with Crippen LogP contribution in [0.3, 0.4) is 0 Å². The second kappa shape index (κ2) is 5.83. The third kappa shape index (κ3) is 2.98. The Labute approximate surface area is 129 Å². The maximum Gasteiger partial charge on any atom is 0.308 e. The standard InChI is InChI=1S/C17H19NO4/c1-11(17(20)21)9-18(14-6-7-14)16(19)13-8-12-4-2-3-5-15(12)22-10-13/h2-5,8,11,14H,6-7,9-10H2,1H3,(H,20,21). The zero-order chi connectivity index (χ0) is 15.7. The van der Waals surface area contributed by atoms with Gasteiger partial charge in [0, 0.05) is 18.2 Å². The number of amides is 1. The average Bonchev–Trinajstić information content (AvgIpc) is 3.35. The van der Waals surface area contributed by atoms with Crippen LogP contribution in [-0.4, -0.2) is 41.1 Å². The number of aliphatic carboxylic acids is 1. The van der Waals surface area contributed by atoms with Crippen molar-refractivity contribution in [3.8, 4) is 5.75 Å². The Morgan fingerprint density at radius 3 is 2.77 bits per heavy atom. The van der Waals surface area contributed by atoms with Crippen LogP contribution in [0.2, 0.25) is 0 Å². The molecule has 0 radical (unpaired) electrons. The molecule has 0 bridgehead atoms. The summed E-state index contributed by atoms with van der Waals surface area (Å²) in [5, 5.41) is 9.08. The number of carboxylic acids is 1. The van der Waals surface area contributed by atoms with Gasteiger partial charge in [0.2, 0.25) is 0 Å². The number of hydrogen-bond acceptors (Lipinski definition) is 3. The highest BCUT2D eigenvalue weighted by Crippen LogP contribution is 2.31. The van der Waals surface area contributed by atoms with Gasteiger partial charge >= 0.3 is 5.97 Å². The number of para-hydroxylation sites is 1. The molecule has 1 aliphatic heterocycles. The number of carbonyl (C=O) groups excluding carboxylic acids is 1. The van der Waals surface area contributed by atoms with E-state index in [1.54, 1.807) is 11.8 Å². The highest BCUT2D eigenvalue weighted by molar-refractivity contribution is 5.99. The van der Waals surface area contributed by atoms with Crippen LogP contribution in [0.5, 0.6) is 5.75 Å². The van der Waals surface area contributed by atoms with Gasteiger partial charge in [-0.3, -0.25) is 9.59 Å². The second-order valence-corrected chi connectivity index (χ2v) is 5.92. The van der Waals surface area contributed by atoms with Crippen molar-refractivity contribution in [1.82, 2.24) is 4.90 Å². The van der Waals surface area contributed by atoms with Crippen molar-refractivity contribution in [2.45, 2.75) is 25.8 Å². The third-order valence-corrected chi connectivity index (χ3v) is 4.05. The van der Waals surface area contributed by atoms with Crippen molar-refractivity contribution in [3.63, 3.8) is 0 Å². The molecule has 0 aromatic heterocycles. The van der Waals surface area contributed by atoms with Gasteiger partial charge in [-0.2, -0.15) is 0 Å². The number of hydrogen-bond donors (Lipinski definition) is 1. The highest BCUT2D eigenvalue weighted by Gasteiger charge is 2.36. The quantitative estimate of drug-likeness (QED) is 0.905. The molecular weight excluding hydrogens is 282 g/mol. The van der Waals surface area contributed by atoms with E-state index in [-0.39, 0.29) is 25.1 Å². The van der Waals surface area contributed by atoms with Crippen LogP contribution < -0.4 is 4.74 Å². The number of carboxylic acid groups (broad SMARTS) is 1. The fraction of sp³-hybridized carbons (Fsp3) is 0.412. The van der Waals surface area contributed by atoms with Crippen molar-refractivity contribution >= 4 is 18.0 Å². The van der Waals surface area contributed by atoms with E-state index in [1.165, 1.54) is 0 Å². The molecular formula is C17H19NO4. The summed E-state index contributed by atoms with van der Waals surface area (Å²) < 4.78 is 5.63. The van der Waals surface area contributed by atoms with E-state index in [0.29, 0.717) is 5.57 Å². The predicted molar refractivity (Wildman–Crippen MR) is 81.4 cm³/mol. The predicted octanol–water partition coefficient (Wildman–Crippen LogP) is 2.17. The molecule has 5 nitrogen and oxygen atoms in total. The monoisotopic (exact) mass is 301 g/mol. The topological polar surface area (TPSA) is 66.8 Å². The molecule has 5 heteroatoms. The van der Waals surface area contributed by atoms with Crippen LogP contribution in [0.1, 0.15) is 25.3 Å². The van der Waals surface area contributed by atoms with Crippen LogP contribution in [0, 0.1) is 5.92 Å². The smallest absolute Gasteiger partial charge is 0.308 e. The molecule has 1 aliphatic carbocycles. The fourth-order valence-electron chi connectivity index (χ4n) is 2.58. The first-order chi connectivity index (χ1) is 10.6. The summed E-state index contributed by atoms with van der Waals surface area (Å²) in [6.07, 6.45) is 3.74. The number of nitrogens with zero attached hydrogens (tertiary/aromatic N) is 1. The minimum Gasteiger partial charge on any atom is -0.488 e. The van der Waals surface area contributed by atoms with E-state index in [9.17, 15) is 9.59 Å². The third-order valence-electron chi connectivity index (χ3n) is 4.05. The van der Waals surface area contributed by atoms with Crippen LogP contribution in [0.4, 0.5) is 0 Å². The normalized spacial score (nSPS) is 17.8. The van der Waals surface area contributed by atoms with E-state index in [0.717, 1.165) is 24.2 Å². The number of rotatable bonds is 5. The first-order valence-electron chi connectivity index (χ1n) is 7.52. The summed E-state index contributed by atoms with van der Waals surface area (Å²) in [4.78, 5) is 25.5. The summed E-state index contributed by atoms with van der Waals surface area (Å²) in [5.41, 5.74) is 1.47. The van der Waals surface area contributed by atoms with E-state index in [4.69, 9.17) is 9.84 Å². The molecule has 1 atom stereocenters. The summed E-state index contributed by atoms with van der Waals surface area (Å²) in [6.45, 7) is 2.12. The van der Waals surface area contributed by atoms with E-state index >= 15 is 0 Å². The summed E-state index contributed by atoms with van der Waals surface area (Å²) in [5.74, 6) is -0.777. The van der Waals surface area contributed by atoms with Crippen molar-refractivity contribution in [3.05, 3.63) is 35.4 Å². The van der Waals surface area contributed by atoms with Gasteiger partial charge in [-0.05, 0) is 25.0 Å². The van der Waals surface area contributed by atoms with Gasteiger partial charge in [0.05, 0.1) is 11.5 Å². The Morgan fingerprint density at radius 1 is 1.36 bits per heavy atom. The molecule has 1 heterocycles. The number of ether oxygens (including phenoxy) is 1. The first-order valence-corrected chi connectivity index (χ1v) is 7.52. The zero-order valence-electron chi connectivity index (χ0n) is 12.5. The maximum absolute atomic E-state index is 12.7. The molecule has 116 valence electrons. The van der Waals surface area contributed by atoms with Crippen LogP contribution >= 0.6 is 0 Å². The van der Waals surface area contributed by atoms with Gasteiger partial charge < -0.3 is 14.7 Å². The van der Waals surface area contributed by atoms with Gasteiger partial charge in [-0.1, -0.05) is 25.1 Å². The number of carbonyl (C=O) groups is 2. The van der Waals surface area contributed by atoms with Gasteiger partial charge in [0.15, 0.2) is 0 Å². The molecule has 1 unspecified atom stereocenters. The zero-order valence-corrected chi connectivity index (χ0v) is 12.5. The largest absolute Gasteiger partial charge is 0.488 e. The lowest BCUT2D eigenvalue weighted by Crippen LogP contribution is -2.40. The molecule has 1 saturated carbocycles. The SMILES string of the molecule is CC(CN(C(=O)C1=Cc2ccccc2OC1)C1CC1)C(=O)O. The van der Waals surface area contributed by atoms with Crippen molar-refractivity contribution in [1.29, 1.82) is 0 Å². The van der Waals surface area contributed by atoms with E-state index in [1.807, 2.05) is 30.3 Å². The Balaban J connectivity index is 1.79. The fourth-order valence-corrected chi connectivity index (χ4v) is 2.58. The molecule has 22 heavy (non-hydrogen) atoms. The second-order valence-electron chi connectivity index (χ2n) is 5.92. The summed E-state index contributed by atoms with van der Waals surface area (Å²) in [7, 11) is 0. The van der Waals surface area contributed by atoms with E-state index in [2.05, 4.69) is 0 Å². The number of benzene rings is 1. The Bertz CT molecular complexity index is 633. The van der Waals surface area contributed by atoms with Gasteiger partial charge in [0.25, 0.3) is 5.91 Å².